The van der Waals surface area contributed by atoms with E-state index in [1.165, 1.54) is 0 Å². The molecular formula is C19H19Cl2NO3S. The van der Waals surface area contributed by atoms with Gasteiger partial charge in [0.05, 0.1) is 17.4 Å². The molecule has 0 bridgehead atoms. The molecule has 0 radical (unpaired) electrons. The Morgan fingerprint density at radius 2 is 1.65 bits per heavy atom. The van der Waals surface area contributed by atoms with Crippen LogP contribution in [0.25, 0.3) is 0 Å². The molecule has 1 heterocycles. The van der Waals surface area contributed by atoms with Gasteiger partial charge in [0, 0.05) is 23.1 Å². The zero-order valence-corrected chi connectivity index (χ0v) is 16.4. The first-order valence-electron chi connectivity index (χ1n) is 8.35. The largest absolute Gasteiger partial charge is 0.341 e. The molecule has 1 fully saturated rings. The predicted molar refractivity (Wildman–Crippen MR) is 104 cm³/mol. The van der Waals surface area contributed by atoms with E-state index < -0.39 is 15.1 Å². The Bertz CT molecular complexity index is 915. The van der Waals surface area contributed by atoms with Gasteiger partial charge in [0.25, 0.3) is 0 Å². The number of carbonyl (C=O) groups excluding carboxylic acids is 1. The lowest BCUT2D eigenvalue weighted by Gasteiger charge is -2.20. The van der Waals surface area contributed by atoms with Crippen LogP contribution in [0.1, 0.15) is 22.8 Å². The predicted octanol–water partition coefficient (Wildman–Crippen LogP) is 3.92. The van der Waals surface area contributed by atoms with Crippen LogP contribution >= 0.6 is 23.2 Å². The highest BCUT2D eigenvalue weighted by Gasteiger charge is 2.33. The van der Waals surface area contributed by atoms with Crippen molar-refractivity contribution in [2.75, 3.05) is 18.8 Å². The summed E-state index contributed by atoms with van der Waals surface area (Å²) in [4.78, 5) is 14.2. The zero-order valence-electron chi connectivity index (χ0n) is 14.1. The van der Waals surface area contributed by atoms with Gasteiger partial charge in [0.1, 0.15) is 0 Å². The van der Waals surface area contributed by atoms with Gasteiger partial charge in [-0.3, -0.25) is 4.79 Å². The monoisotopic (exact) mass is 411 g/mol. The number of rotatable bonds is 3. The van der Waals surface area contributed by atoms with Crippen LogP contribution in [-0.4, -0.2) is 38.1 Å². The average molecular weight is 412 g/mol. The quantitative estimate of drug-likeness (QED) is 0.768. The van der Waals surface area contributed by atoms with Crippen molar-refractivity contribution < 1.29 is 13.2 Å². The minimum atomic E-state index is -3.39. The summed E-state index contributed by atoms with van der Waals surface area (Å²) < 4.78 is 25.4. The summed E-state index contributed by atoms with van der Waals surface area (Å²) in [6, 6.07) is 14.2. The van der Waals surface area contributed by atoms with Crippen molar-refractivity contribution in [2.45, 2.75) is 18.1 Å². The molecule has 26 heavy (non-hydrogen) atoms. The molecule has 7 heteroatoms. The summed E-state index contributed by atoms with van der Waals surface area (Å²) in [5, 5.41) is 0.295. The maximum absolute atomic E-state index is 12.7. The molecule has 2 aromatic rings. The van der Waals surface area contributed by atoms with E-state index >= 15 is 0 Å². The number of amides is 1. The van der Waals surface area contributed by atoms with E-state index in [1.54, 1.807) is 41.3 Å². The van der Waals surface area contributed by atoms with Crippen LogP contribution in [-0.2, 0) is 21.1 Å². The van der Waals surface area contributed by atoms with Crippen LogP contribution in [0.3, 0.4) is 0 Å². The van der Waals surface area contributed by atoms with Crippen LogP contribution in [0.2, 0.25) is 10.0 Å². The van der Waals surface area contributed by atoms with E-state index in [0.717, 1.165) is 5.56 Å². The number of nitrogens with zero attached hydrogens (tertiary/aromatic N) is 1. The number of halogens is 2. The maximum Gasteiger partial charge on any atom is 0.227 e. The van der Waals surface area contributed by atoms with Gasteiger partial charge < -0.3 is 4.90 Å². The Morgan fingerprint density at radius 1 is 1.00 bits per heavy atom. The molecule has 1 saturated heterocycles. The molecule has 1 aliphatic heterocycles. The Hall–Kier alpha value is -1.56. The zero-order chi connectivity index (χ0) is 18.7. The van der Waals surface area contributed by atoms with Crippen LogP contribution in [0.15, 0.2) is 48.5 Å². The van der Waals surface area contributed by atoms with E-state index in [0.29, 0.717) is 28.6 Å². The second kappa shape index (κ2) is 7.99. The van der Waals surface area contributed by atoms with Crippen LogP contribution in [0.5, 0.6) is 0 Å². The first kappa shape index (κ1) is 19.2. The van der Waals surface area contributed by atoms with Gasteiger partial charge in [0.2, 0.25) is 5.91 Å². The summed E-state index contributed by atoms with van der Waals surface area (Å²) >= 11 is 12.3. The number of carbonyl (C=O) groups is 1. The minimum Gasteiger partial charge on any atom is -0.341 e. The van der Waals surface area contributed by atoms with Crippen molar-refractivity contribution in [1.82, 2.24) is 4.90 Å². The van der Waals surface area contributed by atoms with E-state index in [1.807, 2.05) is 12.1 Å². The van der Waals surface area contributed by atoms with E-state index in [2.05, 4.69) is 0 Å². The minimum absolute atomic E-state index is 0.0723. The average Bonchev–Trinajstić information content (AvgIpc) is 2.76. The fraction of sp³-hybridized carbons (Fsp3) is 0.316. The van der Waals surface area contributed by atoms with Crippen molar-refractivity contribution in [3.05, 3.63) is 69.7 Å². The lowest BCUT2D eigenvalue weighted by Crippen LogP contribution is -2.34. The molecule has 0 N–H and O–H groups in total. The van der Waals surface area contributed by atoms with Crippen LogP contribution in [0.4, 0.5) is 0 Å². The van der Waals surface area contributed by atoms with Crippen molar-refractivity contribution in [2.24, 2.45) is 0 Å². The Kier molecular flexibility index (Phi) is 5.90. The highest BCUT2D eigenvalue weighted by molar-refractivity contribution is 7.91. The van der Waals surface area contributed by atoms with Crippen molar-refractivity contribution in [1.29, 1.82) is 0 Å². The highest BCUT2D eigenvalue weighted by atomic mass is 35.5. The van der Waals surface area contributed by atoms with E-state index in [4.69, 9.17) is 23.2 Å². The van der Waals surface area contributed by atoms with Gasteiger partial charge >= 0.3 is 0 Å². The van der Waals surface area contributed by atoms with Gasteiger partial charge in [0.15, 0.2) is 9.84 Å². The normalized spacial score (nSPS) is 19.8. The van der Waals surface area contributed by atoms with Crippen molar-refractivity contribution in [3.63, 3.8) is 0 Å². The van der Waals surface area contributed by atoms with Gasteiger partial charge in [-0.25, -0.2) is 8.42 Å². The van der Waals surface area contributed by atoms with Crippen molar-refractivity contribution >= 4 is 38.9 Å². The first-order valence-corrected chi connectivity index (χ1v) is 10.8. The molecule has 2 aromatic carbocycles. The smallest absolute Gasteiger partial charge is 0.227 e. The molecule has 1 amide bonds. The van der Waals surface area contributed by atoms with Crippen molar-refractivity contribution in [3.8, 4) is 0 Å². The molecule has 0 spiro atoms. The van der Waals surface area contributed by atoms with Gasteiger partial charge in [-0.1, -0.05) is 59.6 Å². The molecular weight excluding hydrogens is 393 g/mol. The molecule has 3 rings (SSSR count). The lowest BCUT2D eigenvalue weighted by molar-refractivity contribution is -0.130. The second-order valence-corrected chi connectivity index (χ2v) is 9.43. The summed E-state index contributed by atoms with van der Waals surface area (Å²) in [5.74, 6) is -0.190. The topological polar surface area (TPSA) is 54.5 Å². The SMILES string of the molecule is O=C(Cc1ccccc1Cl)N1CCC(c2ccccc2Cl)S(=O)(=O)CC1. The third kappa shape index (κ3) is 4.22. The summed E-state index contributed by atoms with van der Waals surface area (Å²) in [6.45, 7) is 0.560. The Labute approximate surface area is 163 Å². The maximum atomic E-state index is 12.7. The van der Waals surface area contributed by atoms with E-state index in [-0.39, 0.29) is 24.6 Å². The second-order valence-electron chi connectivity index (χ2n) is 6.31. The molecule has 0 saturated carbocycles. The molecule has 1 unspecified atom stereocenters. The summed E-state index contributed by atoms with van der Waals surface area (Å²) in [6.07, 6.45) is 0.497. The third-order valence-electron chi connectivity index (χ3n) is 4.64. The number of hydrogen-bond acceptors (Lipinski definition) is 3. The Morgan fingerprint density at radius 3 is 2.35 bits per heavy atom. The highest BCUT2D eigenvalue weighted by Crippen LogP contribution is 2.34. The van der Waals surface area contributed by atoms with Crippen LogP contribution < -0.4 is 0 Å². The van der Waals surface area contributed by atoms with Gasteiger partial charge in [-0.2, -0.15) is 0 Å². The number of benzene rings is 2. The Balaban J connectivity index is 1.77. The fourth-order valence-electron chi connectivity index (χ4n) is 3.20. The standard InChI is InChI=1S/C19H19Cl2NO3S/c20-16-7-3-1-5-14(16)13-19(23)22-10-9-18(26(24,25)12-11-22)15-6-2-4-8-17(15)21/h1-8,18H,9-13H2. The molecule has 4 nitrogen and oxygen atoms in total. The summed E-state index contributed by atoms with van der Waals surface area (Å²) in [5.41, 5.74) is 1.35. The molecule has 0 aromatic heterocycles. The molecule has 0 aliphatic carbocycles. The number of hydrogen-bond donors (Lipinski definition) is 0. The fourth-order valence-corrected chi connectivity index (χ4v) is 5.55. The first-order chi connectivity index (χ1) is 12.4. The van der Waals surface area contributed by atoms with Crippen LogP contribution in [0, 0.1) is 0 Å². The van der Waals surface area contributed by atoms with E-state index in [9.17, 15) is 13.2 Å². The third-order valence-corrected chi connectivity index (χ3v) is 7.47. The number of sulfone groups is 1. The molecule has 1 aliphatic rings. The lowest BCUT2D eigenvalue weighted by atomic mass is 10.1. The molecule has 1 atom stereocenters. The van der Waals surface area contributed by atoms with Gasteiger partial charge in [-0.05, 0) is 29.7 Å². The van der Waals surface area contributed by atoms with Gasteiger partial charge in [-0.15, -0.1) is 0 Å². The molecule has 138 valence electrons. The summed E-state index contributed by atoms with van der Waals surface area (Å²) in [7, 11) is -3.39.